The molecule has 0 aromatic carbocycles. The highest BCUT2D eigenvalue weighted by Crippen LogP contribution is 2.36. The first-order chi connectivity index (χ1) is 7.78. The Hall–Kier alpha value is -1.10. The Kier molecular flexibility index (Phi) is 2.35. The molecule has 16 heavy (non-hydrogen) atoms. The average Bonchev–Trinajstić information content (AvgIpc) is 2.83. The highest BCUT2D eigenvalue weighted by atomic mass is 79.9. The molecule has 0 aliphatic heterocycles. The second kappa shape index (κ2) is 3.73. The molecule has 2 aromatic rings. The molecule has 0 amide bonds. The van der Waals surface area contributed by atoms with Crippen LogP contribution in [0.5, 0.6) is 0 Å². The summed E-state index contributed by atoms with van der Waals surface area (Å²) < 4.78 is 2.80. The average molecular weight is 281 g/mol. The number of nitrogens with one attached hydrogen (secondary N) is 1. The van der Waals surface area contributed by atoms with E-state index >= 15 is 0 Å². The van der Waals surface area contributed by atoms with Crippen LogP contribution in [0.4, 0.5) is 5.82 Å². The fraction of sp³-hybridized carbons (Fsp3) is 0.455. The molecule has 3 rings (SSSR count). The first-order valence-electron chi connectivity index (χ1n) is 5.53. The van der Waals surface area contributed by atoms with E-state index in [-0.39, 0.29) is 0 Å². The van der Waals surface area contributed by atoms with E-state index < -0.39 is 0 Å². The lowest BCUT2D eigenvalue weighted by molar-refractivity contribution is 0.773. The Bertz CT molecular complexity index is 522. The van der Waals surface area contributed by atoms with Crippen molar-refractivity contribution in [1.82, 2.24) is 14.4 Å². The molecule has 1 saturated carbocycles. The van der Waals surface area contributed by atoms with Gasteiger partial charge in [-0.05, 0) is 28.3 Å². The number of halogens is 1. The predicted molar refractivity (Wildman–Crippen MR) is 66.5 cm³/mol. The van der Waals surface area contributed by atoms with E-state index in [0.29, 0.717) is 6.04 Å². The molecule has 0 saturated heterocycles. The van der Waals surface area contributed by atoms with Gasteiger partial charge < -0.3 is 9.72 Å². The zero-order valence-electron chi connectivity index (χ0n) is 9.02. The van der Waals surface area contributed by atoms with Gasteiger partial charge in [-0.1, -0.05) is 13.3 Å². The van der Waals surface area contributed by atoms with E-state index in [2.05, 4.69) is 38.1 Å². The number of hydrogen-bond acceptors (Lipinski definition) is 3. The first kappa shape index (κ1) is 10.1. The van der Waals surface area contributed by atoms with Crippen molar-refractivity contribution in [1.29, 1.82) is 0 Å². The minimum Gasteiger partial charge on any atom is -0.364 e. The maximum absolute atomic E-state index is 4.44. The number of rotatable bonds is 3. The van der Waals surface area contributed by atoms with Gasteiger partial charge in [0.2, 0.25) is 0 Å². The molecule has 2 atom stereocenters. The smallest absolute Gasteiger partial charge is 0.180 e. The molecule has 2 heterocycles. The van der Waals surface area contributed by atoms with Crippen LogP contribution in [0.2, 0.25) is 0 Å². The van der Waals surface area contributed by atoms with Gasteiger partial charge in [0.1, 0.15) is 4.60 Å². The lowest BCUT2D eigenvalue weighted by Gasteiger charge is -2.06. The fourth-order valence-corrected chi connectivity index (χ4v) is 2.45. The van der Waals surface area contributed by atoms with Gasteiger partial charge in [0, 0.05) is 24.6 Å². The predicted octanol–water partition coefficient (Wildman–Crippen LogP) is 2.70. The van der Waals surface area contributed by atoms with E-state index in [1.165, 1.54) is 12.8 Å². The topological polar surface area (TPSA) is 42.2 Å². The summed E-state index contributed by atoms with van der Waals surface area (Å²) in [6.45, 7) is 2.23. The van der Waals surface area contributed by atoms with Gasteiger partial charge in [0.25, 0.3) is 0 Å². The Morgan fingerprint density at radius 3 is 3.25 bits per heavy atom. The molecule has 0 bridgehead atoms. The van der Waals surface area contributed by atoms with Gasteiger partial charge in [-0.15, -0.1) is 0 Å². The minimum atomic E-state index is 0.576. The van der Waals surface area contributed by atoms with Crippen molar-refractivity contribution in [2.24, 2.45) is 5.92 Å². The van der Waals surface area contributed by atoms with Crippen molar-refractivity contribution in [2.75, 3.05) is 5.32 Å². The van der Waals surface area contributed by atoms with Crippen LogP contribution < -0.4 is 5.32 Å². The third-order valence-corrected chi connectivity index (χ3v) is 3.50. The summed E-state index contributed by atoms with van der Waals surface area (Å²) in [4.78, 5) is 8.75. The summed E-state index contributed by atoms with van der Waals surface area (Å²) in [5.74, 6) is 1.68. The van der Waals surface area contributed by atoms with Crippen LogP contribution >= 0.6 is 15.9 Å². The highest BCUT2D eigenvalue weighted by Gasteiger charge is 2.35. The van der Waals surface area contributed by atoms with Crippen LogP contribution in [0.15, 0.2) is 23.2 Å². The maximum atomic E-state index is 4.44. The number of aromatic nitrogens is 3. The van der Waals surface area contributed by atoms with Crippen molar-refractivity contribution in [3.05, 3.63) is 23.2 Å². The fourth-order valence-electron chi connectivity index (χ4n) is 2.05. The summed E-state index contributed by atoms with van der Waals surface area (Å²) in [6.07, 6.45) is 8.11. The van der Waals surface area contributed by atoms with Crippen molar-refractivity contribution in [3.8, 4) is 0 Å². The molecule has 2 unspecified atom stereocenters. The number of nitrogens with zero attached hydrogens (tertiary/aromatic N) is 3. The van der Waals surface area contributed by atoms with Crippen molar-refractivity contribution in [3.63, 3.8) is 0 Å². The Balaban J connectivity index is 1.93. The van der Waals surface area contributed by atoms with Crippen LogP contribution in [-0.2, 0) is 0 Å². The maximum Gasteiger partial charge on any atom is 0.180 e. The standard InChI is InChI=1S/C11H13BrN4/c1-2-7-5-8(7)14-10-11-13-3-4-16(11)6-9(12)15-10/h3-4,6-8H,2,5H2,1H3,(H,14,15). The van der Waals surface area contributed by atoms with Crippen LogP contribution in [0, 0.1) is 5.92 Å². The minimum absolute atomic E-state index is 0.576. The van der Waals surface area contributed by atoms with Crippen LogP contribution in [0.3, 0.4) is 0 Å². The molecule has 0 radical (unpaired) electrons. The SMILES string of the molecule is CCC1CC1Nc1nc(Br)cn2ccnc12. The van der Waals surface area contributed by atoms with Crippen LogP contribution in [0.25, 0.3) is 5.65 Å². The van der Waals surface area contributed by atoms with Crippen molar-refractivity contribution in [2.45, 2.75) is 25.8 Å². The van der Waals surface area contributed by atoms with E-state index in [9.17, 15) is 0 Å². The summed E-state index contributed by atoms with van der Waals surface area (Å²) in [7, 11) is 0. The zero-order valence-corrected chi connectivity index (χ0v) is 10.6. The summed E-state index contributed by atoms with van der Waals surface area (Å²) in [5, 5.41) is 3.46. The monoisotopic (exact) mass is 280 g/mol. The third-order valence-electron chi connectivity index (χ3n) is 3.11. The van der Waals surface area contributed by atoms with Crippen molar-refractivity contribution >= 4 is 27.4 Å². The molecule has 1 fully saturated rings. The second-order valence-corrected chi connectivity index (χ2v) is 5.04. The number of fused-ring (bicyclic) bond motifs is 1. The molecular weight excluding hydrogens is 268 g/mol. The lowest BCUT2D eigenvalue weighted by Crippen LogP contribution is -2.08. The van der Waals surface area contributed by atoms with E-state index in [0.717, 1.165) is 22.0 Å². The van der Waals surface area contributed by atoms with Gasteiger partial charge in [0.05, 0.1) is 0 Å². The van der Waals surface area contributed by atoms with Gasteiger partial charge in [-0.25, -0.2) is 9.97 Å². The van der Waals surface area contributed by atoms with E-state index in [1.807, 2.05) is 16.8 Å². The molecule has 1 aliphatic carbocycles. The Morgan fingerprint density at radius 1 is 1.62 bits per heavy atom. The van der Waals surface area contributed by atoms with E-state index in [4.69, 9.17) is 0 Å². The molecule has 1 N–H and O–H groups in total. The summed E-state index contributed by atoms with van der Waals surface area (Å²) >= 11 is 3.41. The lowest BCUT2D eigenvalue weighted by atomic mass is 10.3. The number of hydrogen-bond donors (Lipinski definition) is 1. The third kappa shape index (κ3) is 1.69. The normalized spacial score (nSPS) is 23.6. The van der Waals surface area contributed by atoms with Crippen LogP contribution in [-0.4, -0.2) is 20.4 Å². The second-order valence-electron chi connectivity index (χ2n) is 4.23. The Labute approximate surface area is 102 Å². The molecule has 5 heteroatoms. The molecule has 1 aliphatic rings. The quantitative estimate of drug-likeness (QED) is 0.940. The summed E-state index contributed by atoms with van der Waals surface area (Å²) in [5.41, 5.74) is 0.893. The van der Waals surface area contributed by atoms with Gasteiger partial charge in [-0.2, -0.15) is 0 Å². The van der Waals surface area contributed by atoms with Crippen molar-refractivity contribution < 1.29 is 0 Å². The van der Waals surface area contributed by atoms with E-state index in [1.54, 1.807) is 6.20 Å². The van der Waals surface area contributed by atoms with Gasteiger partial charge in [-0.3, -0.25) is 0 Å². The molecule has 0 spiro atoms. The number of anilines is 1. The largest absolute Gasteiger partial charge is 0.364 e. The van der Waals surface area contributed by atoms with Gasteiger partial charge in [0.15, 0.2) is 11.5 Å². The molecule has 84 valence electrons. The molecule has 4 nitrogen and oxygen atoms in total. The van der Waals surface area contributed by atoms with Crippen LogP contribution in [0.1, 0.15) is 19.8 Å². The number of imidazole rings is 1. The summed E-state index contributed by atoms with van der Waals surface area (Å²) in [6, 6.07) is 0.576. The first-order valence-corrected chi connectivity index (χ1v) is 6.33. The Morgan fingerprint density at radius 2 is 2.50 bits per heavy atom. The molecular formula is C11H13BrN4. The highest BCUT2D eigenvalue weighted by molar-refractivity contribution is 9.10. The zero-order chi connectivity index (χ0) is 11.1. The van der Waals surface area contributed by atoms with Gasteiger partial charge >= 0.3 is 0 Å². The molecule has 2 aromatic heterocycles.